The largest absolute Gasteiger partial charge is 0.334 e. The summed E-state index contributed by atoms with van der Waals surface area (Å²) in [4.78, 5) is 18.2. The van der Waals surface area contributed by atoms with Gasteiger partial charge in [-0.2, -0.15) is 0 Å². The van der Waals surface area contributed by atoms with E-state index < -0.39 is 17.3 Å². The number of hydrogen-bond donors (Lipinski definition) is 0. The molecule has 22 heavy (non-hydrogen) atoms. The van der Waals surface area contributed by atoms with Gasteiger partial charge in [-0.25, -0.2) is 18.2 Å². The Morgan fingerprint density at radius 1 is 1.32 bits per heavy atom. The van der Waals surface area contributed by atoms with E-state index in [0.29, 0.717) is 16.6 Å². The second kappa shape index (κ2) is 5.39. The number of likely N-dealkylation sites (tertiary alicyclic amines) is 1. The molecule has 1 saturated heterocycles. The monoisotopic (exact) mass is 326 g/mol. The van der Waals surface area contributed by atoms with Gasteiger partial charge in [0.05, 0.1) is 17.7 Å². The van der Waals surface area contributed by atoms with Crippen molar-refractivity contribution in [2.24, 2.45) is 0 Å². The number of benzene rings is 1. The Kier molecular flexibility index (Phi) is 3.68. The first kappa shape index (κ1) is 15.0. The first-order valence-corrected chi connectivity index (χ1v) is 7.62. The second-order valence-electron chi connectivity index (χ2n) is 5.37. The number of aromatic nitrogens is 1. The van der Waals surface area contributed by atoms with Crippen LogP contribution in [0.25, 0.3) is 0 Å². The van der Waals surface area contributed by atoms with Crippen molar-refractivity contribution in [2.45, 2.75) is 19.0 Å². The third-order valence-electron chi connectivity index (χ3n) is 3.83. The van der Waals surface area contributed by atoms with Gasteiger partial charge in [0.1, 0.15) is 16.5 Å². The molecule has 3 rings (SSSR count). The highest BCUT2D eigenvalue weighted by molar-refractivity contribution is 7.11. The van der Waals surface area contributed by atoms with Crippen LogP contribution in [-0.4, -0.2) is 28.9 Å². The normalized spacial score (nSPS) is 21.4. The lowest BCUT2D eigenvalue weighted by atomic mass is 9.95. The molecule has 1 aliphatic heterocycles. The number of carbonyl (C=O) groups excluding carboxylic acids is 1. The average molecular weight is 326 g/mol. The van der Waals surface area contributed by atoms with Crippen molar-refractivity contribution in [3.05, 3.63) is 51.5 Å². The molecular formula is C15H13F3N2OS. The summed E-state index contributed by atoms with van der Waals surface area (Å²) in [5.74, 6) is -1.94. The first-order chi connectivity index (χ1) is 10.4. The maximum absolute atomic E-state index is 15.0. The van der Waals surface area contributed by atoms with Gasteiger partial charge in [0.25, 0.3) is 5.91 Å². The molecular weight excluding hydrogens is 313 g/mol. The van der Waals surface area contributed by atoms with Gasteiger partial charge >= 0.3 is 0 Å². The Labute approximate surface area is 129 Å². The van der Waals surface area contributed by atoms with E-state index in [4.69, 9.17) is 0 Å². The van der Waals surface area contributed by atoms with Gasteiger partial charge < -0.3 is 4.90 Å². The van der Waals surface area contributed by atoms with Crippen molar-refractivity contribution in [2.75, 3.05) is 13.1 Å². The van der Waals surface area contributed by atoms with Gasteiger partial charge in [0.15, 0.2) is 5.67 Å². The predicted octanol–water partition coefficient (Wildman–Crippen LogP) is 3.44. The third kappa shape index (κ3) is 2.61. The quantitative estimate of drug-likeness (QED) is 0.847. The lowest BCUT2D eigenvalue weighted by molar-refractivity contribution is 0.0754. The van der Waals surface area contributed by atoms with Crippen LogP contribution in [0.5, 0.6) is 0 Å². The van der Waals surface area contributed by atoms with Gasteiger partial charge in [-0.05, 0) is 24.6 Å². The molecule has 1 fully saturated rings. The molecule has 1 aliphatic rings. The van der Waals surface area contributed by atoms with Gasteiger partial charge in [-0.1, -0.05) is 0 Å². The van der Waals surface area contributed by atoms with Crippen LogP contribution in [0.15, 0.2) is 23.7 Å². The molecule has 0 saturated carbocycles. The molecule has 2 heterocycles. The van der Waals surface area contributed by atoms with Crippen molar-refractivity contribution < 1.29 is 18.0 Å². The van der Waals surface area contributed by atoms with E-state index in [9.17, 15) is 13.6 Å². The van der Waals surface area contributed by atoms with Crippen LogP contribution < -0.4 is 0 Å². The molecule has 0 bridgehead atoms. The van der Waals surface area contributed by atoms with Crippen molar-refractivity contribution in [1.82, 2.24) is 9.88 Å². The van der Waals surface area contributed by atoms with E-state index in [1.165, 1.54) is 16.2 Å². The number of alkyl halides is 1. The van der Waals surface area contributed by atoms with Crippen molar-refractivity contribution >= 4 is 17.2 Å². The van der Waals surface area contributed by atoms with Crippen molar-refractivity contribution in [3.8, 4) is 0 Å². The van der Waals surface area contributed by atoms with E-state index in [-0.39, 0.29) is 31.0 Å². The Balaban J connectivity index is 1.84. The maximum Gasteiger partial charge on any atom is 0.265 e. The third-order valence-corrected chi connectivity index (χ3v) is 4.74. The van der Waals surface area contributed by atoms with Crippen LogP contribution in [-0.2, 0) is 5.67 Å². The summed E-state index contributed by atoms with van der Waals surface area (Å²) in [7, 11) is 0. The number of aryl methyl sites for hydroxylation is 1. The van der Waals surface area contributed by atoms with Crippen LogP contribution in [0.4, 0.5) is 13.2 Å². The molecule has 7 heteroatoms. The zero-order valence-electron chi connectivity index (χ0n) is 11.8. The molecule has 3 nitrogen and oxygen atoms in total. The zero-order valence-corrected chi connectivity index (χ0v) is 12.6. The molecule has 1 aromatic heterocycles. The fraction of sp³-hybridized carbons (Fsp3) is 0.333. The van der Waals surface area contributed by atoms with Gasteiger partial charge in [-0.3, -0.25) is 4.79 Å². The molecule has 0 aliphatic carbocycles. The fourth-order valence-corrected chi connectivity index (χ4v) is 3.41. The molecule has 1 aromatic carbocycles. The topological polar surface area (TPSA) is 33.2 Å². The van der Waals surface area contributed by atoms with E-state index >= 15 is 4.39 Å². The Hall–Kier alpha value is -1.89. The minimum Gasteiger partial charge on any atom is -0.334 e. The molecule has 0 unspecified atom stereocenters. The van der Waals surface area contributed by atoms with Crippen LogP contribution in [0, 0.1) is 18.6 Å². The van der Waals surface area contributed by atoms with E-state index in [1.54, 1.807) is 12.4 Å². The number of rotatable bonds is 2. The first-order valence-electron chi connectivity index (χ1n) is 6.74. The summed E-state index contributed by atoms with van der Waals surface area (Å²) in [6.07, 6.45) is 0.0134. The standard InChI is InChI=1S/C15H13F3N2OS/c1-9-13(22-8-19-9)14(21)20-3-2-15(18,7-20)10-4-11(16)6-12(17)5-10/h4-6,8H,2-3,7H2,1H3/t15-/m1/s1. The minimum atomic E-state index is -1.93. The molecule has 0 spiro atoms. The molecule has 116 valence electrons. The fourth-order valence-electron chi connectivity index (χ4n) is 2.65. The number of halogens is 3. The highest BCUT2D eigenvalue weighted by atomic mass is 32.1. The summed E-state index contributed by atoms with van der Waals surface area (Å²) in [5, 5.41) is 0. The van der Waals surface area contributed by atoms with E-state index in [0.717, 1.165) is 12.1 Å². The summed E-state index contributed by atoms with van der Waals surface area (Å²) in [6.45, 7) is 1.70. The Morgan fingerprint density at radius 2 is 2.00 bits per heavy atom. The highest BCUT2D eigenvalue weighted by Gasteiger charge is 2.42. The number of hydrogen-bond acceptors (Lipinski definition) is 3. The lowest BCUT2D eigenvalue weighted by Gasteiger charge is -2.21. The van der Waals surface area contributed by atoms with Crippen molar-refractivity contribution in [3.63, 3.8) is 0 Å². The van der Waals surface area contributed by atoms with Crippen LogP contribution in [0.1, 0.15) is 27.3 Å². The number of carbonyl (C=O) groups is 1. The number of nitrogens with zero attached hydrogens (tertiary/aromatic N) is 2. The van der Waals surface area contributed by atoms with Gasteiger partial charge in [0, 0.05) is 19.0 Å². The maximum atomic E-state index is 15.0. The average Bonchev–Trinajstić information content (AvgIpc) is 3.04. The minimum absolute atomic E-state index is 0.0134. The van der Waals surface area contributed by atoms with Gasteiger partial charge in [0.2, 0.25) is 0 Å². The Morgan fingerprint density at radius 3 is 2.59 bits per heavy atom. The smallest absolute Gasteiger partial charge is 0.265 e. The van der Waals surface area contributed by atoms with Crippen molar-refractivity contribution in [1.29, 1.82) is 0 Å². The zero-order chi connectivity index (χ0) is 15.9. The molecule has 0 N–H and O–H groups in total. The Bertz CT molecular complexity index is 713. The second-order valence-corrected chi connectivity index (χ2v) is 6.22. The number of amides is 1. The summed E-state index contributed by atoms with van der Waals surface area (Å²) >= 11 is 1.20. The predicted molar refractivity (Wildman–Crippen MR) is 76.5 cm³/mol. The molecule has 0 radical (unpaired) electrons. The summed E-state index contributed by atoms with van der Waals surface area (Å²) in [6, 6.07) is 2.66. The SMILES string of the molecule is Cc1ncsc1C(=O)N1CC[C@](F)(c2cc(F)cc(F)c2)C1. The highest BCUT2D eigenvalue weighted by Crippen LogP contribution is 2.37. The molecule has 1 atom stereocenters. The van der Waals surface area contributed by atoms with E-state index in [1.807, 2.05) is 0 Å². The van der Waals surface area contributed by atoms with E-state index in [2.05, 4.69) is 4.98 Å². The molecule has 1 amide bonds. The molecule has 2 aromatic rings. The van der Waals surface area contributed by atoms with Gasteiger partial charge in [-0.15, -0.1) is 11.3 Å². The lowest BCUT2D eigenvalue weighted by Crippen LogP contribution is -2.32. The van der Waals surface area contributed by atoms with Crippen LogP contribution in [0.2, 0.25) is 0 Å². The number of thiazole rings is 1. The summed E-state index contributed by atoms with van der Waals surface area (Å²) in [5.41, 5.74) is 0.157. The van der Waals surface area contributed by atoms with Crippen LogP contribution >= 0.6 is 11.3 Å². The summed E-state index contributed by atoms with van der Waals surface area (Å²) < 4.78 is 41.6. The van der Waals surface area contributed by atoms with Crippen LogP contribution in [0.3, 0.4) is 0 Å².